The molecule has 2 heteroatoms. The Morgan fingerprint density at radius 1 is 0.905 bits per heavy atom. The first-order valence-corrected chi connectivity index (χ1v) is 9.14. The molecule has 0 saturated carbocycles. The normalized spacial score (nSPS) is 12.1. The maximum Gasteiger partial charge on any atom is 0.223 e. The summed E-state index contributed by atoms with van der Waals surface area (Å²) in [5.41, 5.74) is 0. The number of carbonyl (C=O) groups is 1. The molecule has 124 valence electrons. The third-order valence-corrected chi connectivity index (χ3v) is 4.10. The molecule has 0 aromatic carbocycles. The lowest BCUT2D eigenvalue weighted by molar-refractivity contribution is -0.125. The number of rotatable bonds is 15. The van der Waals surface area contributed by atoms with Crippen LogP contribution in [-0.4, -0.2) is 12.5 Å². The monoisotopic (exact) mass is 295 g/mol. The van der Waals surface area contributed by atoms with Crippen molar-refractivity contribution in [2.24, 2.45) is 5.92 Å². The SMILES string of the molecule is C=CCNC(=O)C(CCCCC)CCCCCCCCC. The molecule has 0 aromatic rings. The highest BCUT2D eigenvalue weighted by atomic mass is 16.1. The molecule has 1 amide bonds. The highest BCUT2D eigenvalue weighted by Gasteiger charge is 2.16. The first kappa shape index (κ1) is 20.2. The summed E-state index contributed by atoms with van der Waals surface area (Å²) >= 11 is 0. The minimum Gasteiger partial charge on any atom is -0.352 e. The molecule has 0 aliphatic rings. The number of nitrogens with one attached hydrogen (secondary N) is 1. The van der Waals surface area contributed by atoms with Gasteiger partial charge in [0.2, 0.25) is 5.91 Å². The van der Waals surface area contributed by atoms with Crippen molar-refractivity contribution in [1.82, 2.24) is 5.32 Å². The van der Waals surface area contributed by atoms with Gasteiger partial charge in [-0.15, -0.1) is 6.58 Å². The minimum absolute atomic E-state index is 0.215. The summed E-state index contributed by atoms with van der Waals surface area (Å²) in [6.45, 7) is 8.73. The summed E-state index contributed by atoms with van der Waals surface area (Å²) in [7, 11) is 0. The fraction of sp³-hybridized carbons (Fsp3) is 0.842. The second kappa shape index (κ2) is 15.6. The fourth-order valence-corrected chi connectivity index (χ4v) is 2.71. The predicted molar refractivity (Wildman–Crippen MR) is 93.4 cm³/mol. The van der Waals surface area contributed by atoms with Gasteiger partial charge in [-0.25, -0.2) is 0 Å². The highest BCUT2D eigenvalue weighted by Crippen LogP contribution is 2.18. The molecule has 0 aromatic heterocycles. The van der Waals surface area contributed by atoms with Crippen molar-refractivity contribution in [2.75, 3.05) is 6.54 Å². The molecule has 0 rings (SSSR count). The maximum absolute atomic E-state index is 12.1. The van der Waals surface area contributed by atoms with E-state index in [1.807, 2.05) is 0 Å². The third kappa shape index (κ3) is 12.6. The largest absolute Gasteiger partial charge is 0.352 e. The standard InChI is InChI=1S/C19H37NO/c1-4-7-9-10-11-12-14-16-18(15-13-8-5-2)19(21)20-17-6-3/h6,18H,3-5,7-17H2,1-2H3,(H,20,21). The van der Waals surface area contributed by atoms with Crippen LogP contribution in [0.1, 0.15) is 90.9 Å². The van der Waals surface area contributed by atoms with E-state index in [0.29, 0.717) is 6.54 Å². The van der Waals surface area contributed by atoms with Crippen LogP contribution in [-0.2, 0) is 4.79 Å². The zero-order chi connectivity index (χ0) is 15.8. The molecule has 0 fully saturated rings. The van der Waals surface area contributed by atoms with Crippen LogP contribution < -0.4 is 5.32 Å². The highest BCUT2D eigenvalue weighted by molar-refractivity contribution is 5.78. The van der Waals surface area contributed by atoms with Crippen molar-refractivity contribution in [3.05, 3.63) is 12.7 Å². The van der Waals surface area contributed by atoms with Crippen LogP contribution in [0.5, 0.6) is 0 Å². The van der Waals surface area contributed by atoms with Crippen LogP contribution in [0.4, 0.5) is 0 Å². The van der Waals surface area contributed by atoms with Crippen molar-refractivity contribution in [1.29, 1.82) is 0 Å². The summed E-state index contributed by atoms with van der Waals surface area (Å²) < 4.78 is 0. The van der Waals surface area contributed by atoms with Gasteiger partial charge in [0.15, 0.2) is 0 Å². The zero-order valence-electron chi connectivity index (χ0n) is 14.5. The van der Waals surface area contributed by atoms with Gasteiger partial charge in [0.05, 0.1) is 0 Å². The third-order valence-electron chi connectivity index (χ3n) is 4.10. The Balaban J connectivity index is 3.86. The molecule has 0 saturated heterocycles. The van der Waals surface area contributed by atoms with Gasteiger partial charge in [0.25, 0.3) is 0 Å². The van der Waals surface area contributed by atoms with Crippen LogP contribution in [0, 0.1) is 5.92 Å². The smallest absolute Gasteiger partial charge is 0.223 e. The molecule has 0 aliphatic carbocycles. The van der Waals surface area contributed by atoms with Crippen LogP contribution >= 0.6 is 0 Å². The summed E-state index contributed by atoms with van der Waals surface area (Å²) in [5.74, 6) is 0.448. The van der Waals surface area contributed by atoms with Gasteiger partial charge in [-0.05, 0) is 12.8 Å². The first-order valence-electron chi connectivity index (χ1n) is 9.14. The Bertz CT molecular complexity index is 250. The van der Waals surface area contributed by atoms with Crippen molar-refractivity contribution in [3.63, 3.8) is 0 Å². The van der Waals surface area contributed by atoms with Crippen molar-refractivity contribution in [2.45, 2.75) is 90.9 Å². The Kier molecular flexibility index (Phi) is 15.0. The van der Waals surface area contributed by atoms with E-state index < -0.39 is 0 Å². The average molecular weight is 296 g/mol. The quantitative estimate of drug-likeness (QED) is 0.308. The molecule has 0 heterocycles. The zero-order valence-corrected chi connectivity index (χ0v) is 14.5. The lowest BCUT2D eigenvalue weighted by Crippen LogP contribution is -2.30. The fourth-order valence-electron chi connectivity index (χ4n) is 2.71. The van der Waals surface area contributed by atoms with E-state index in [0.717, 1.165) is 12.8 Å². The Morgan fingerprint density at radius 2 is 1.38 bits per heavy atom. The lowest BCUT2D eigenvalue weighted by atomic mass is 9.93. The van der Waals surface area contributed by atoms with E-state index in [9.17, 15) is 4.79 Å². The van der Waals surface area contributed by atoms with Gasteiger partial charge >= 0.3 is 0 Å². The van der Waals surface area contributed by atoms with Crippen LogP contribution in [0.25, 0.3) is 0 Å². The summed E-state index contributed by atoms with van der Waals surface area (Å²) in [6, 6.07) is 0. The first-order chi connectivity index (χ1) is 10.3. The summed E-state index contributed by atoms with van der Waals surface area (Å²) in [4.78, 5) is 12.1. The van der Waals surface area contributed by atoms with Gasteiger partial charge < -0.3 is 5.32 Å². The van der Waals surface area contributed by atoms with Crippen molar-refractivity contribution >= 4 is 5.91 Å². The number of amides is 1. The average Bonchev–Trinajstić information content (AvgIpc) is 2.50. The van der Waals surface area contributed by atoms with E-state index in [1.54, 1.807) is 6.08 Å². The number of unbranched alkanes of at least 4 members (excludes halogenated alkanes) is 8. The molecule has 0 aliphatic heterocycles. The molecular formula is C19H37NO. The van der Waals surface area contributed by atoms with E-state index in [-0.39, 0.29) is 11.8 Å². The summed E-state index contributed by atoms with van der Waals surface area (Å²) in [6.07, 6.45) is 16.7. The molecule has 0 radical (unpaired) electrons. The Labute approximate surface area is 132 Å². The van der Waals surface area contributed by atoms with Gasteiger partial charge in [0.1, 0.15) is 0 Å². The molecule has 1 N–H and O–H groups in total. The predicted octanol–water partition coefficient (Wildman–Crippen LogP) is 5.63. The molecule has 1 unspecified atom stereocenters. The van der Waals surface area contributed by atoms with Gasteiger partial charge in [-0.2, -0.15) is 0 Å². The lowest BCUT2D eigenvalue weighted by Gasteiger charge is -2.16. The molecule has 0 spiro atoms. The Morgan fingerprint density at radius 3 is 1.95 bits per heavy atom. The number of hydrogen-bond acceptors (Lipinski definition) is 1. The molecule has 2 nitrogen and oxygen atoms in total. The molecule has 1 atom stereocenters. The van der Waals surface area contributed by atoms with E-state index >= 15 is 0 Å². The maximum atomic E-state index is 12.1. The van der Waals surface area contributed by atoms with Gasteiger partial charge in [0, 0.05) is 12.5 Å². The van der Waals surface area contributed by atoms with Crippen LogP contribution in [0.15, 0.2) is 12.7 Å². The van der Waals surface area contributed by atoms with E-state index in [1.165, 1.54) is 64.2 Å². The summed E-state index contributed by atoms with van der Waals surface area (Å²) in [5, 5.41) is 2.97. The van der Waals surface area contributed by atoms with Crippen LogP contribution in [0.3, 0.4) is 0 Å². The van der Waals surface area contributed by atoms with E-state index in [2.05, 4.69) is 25.7 Å². The van der Waals surface area contributed by atoms with Crippen molar-refractivity contribution in [3.8, 4) is 0 Å². The second-order valence-corrected chi connectivity index (χ2v) is 6.14. The van der Waals surface area contributed by atoms with Gasteiger partial charge in [-0.1, -0.05) is 84.1 Å². The molecule has 21 heavy (non-hydrogen) atoms. The minimum atomic E-state index is 0.215. The van der Waals surface area contributed by atoms with Gasteiger partial charge in [-0.3, -0.25) is 4.79 Å². The molecular weight excluding hydrogens is 258 g/mol. The number of carbonyl (C=O) groups excluding carboxylic acids is 1. The van der Waals surface area contributed by atoms with Crippen LogP contribution in [0.2, 0.25) is 0 Å². The Hall–Kier alpha value is -0.790. The topological polar surface area (TPSA) is 29.1 Å². The molecule has 0 bridgehead atoms. The van der Waals surface area contributed by atoms with E-state index in [4.69, 9.17) is 0 Å². The van der Waals surface area contributed by atoms with Crippen molar-refractivity contribution < 1.29 is 4.79 Å². The number of hydrogen-bond donors (Lipinski definition) is 1. The second-order valence-electron chi connectivity index (χ2n) is 6.14.